The van der Waals surface area contributed by atoms with Crippen LogP contribution in [0, 0.1) is 10.8 Å². The van der Waals surface area contributed by atoms with Crippen molar-refractivity contribution in [2.45, 2.75) is 60.3 Å². The molecule has 0 aromatic heterocycles. The number of ether oxygens (including phenoxy) is 1. The van der Waals surface area contributed by atoms with Crippen LogP contribution in [0.1, 0.15) is 60.3 Å². The Balaban J connectivity index is 2.05. The summed E-state index contributed by atoms with van der Waals surface area (Å²) in [5.74, 6) is -0.0874. The number of likely N-dealkylation sites (tertiary alicyclic amines) is 1. The number of carbonyl (C=O) groups excluding carboxylic acids is 1. The van der Waals surface area contributed by atoms with Crippen molar-refractivity contribution < 1.29 is 9.53 Å². The van der Waals surface area contributed by atoms with Crippen molar-refractivity contribution in [3.63, 3.8) is 0 Å². The van der Waals surface area contributed by atoms with E-state index in [0.29, 0.717) is 19.6 Å². The summed E-state index contributed by atoms with van der Waals surface area (Å²) < 4.78 is 5.44. The van der Waals surface area contributed by atoms with Gasteiger partial charge in [0.1, 0.15) is 0 Å². The highest BCUT2D eigenvalue weighted by atomic mass is 16.5. The Morgan fingerprint density at radius 1 is 1.09 bits per heavy atom. The zero-order valence-corrected chi connectivity index (χ0v) is 15.3. The fourth-order valence-corrected chi connectivity index (χ4v) is 3.39. The van der Waals surface area contributed by atoms with Crippen molar-refractivity contribution in [1.82, 2.24) is 10.2 Å². The lowest BCUT2D eigenvalue weighted by Gasteiger charge is -2.31. The molecule has 0 atom stereocenters. The minimum atomic E-state index is -0.0874. The van der Waals surface area contributed by atoms with Crippen LogP contribution in [-0.4, -0.2) is 50.2 Å². The van der Waals surface area contributed by atoms with E-state index in [1.54, 1.807) is 0 Å². The monoisotopic (exact) mass is 312 g/mol. The molecule has 22 heavy (non-hydrogen) atoms. The van der Waals surface area contributed by atoms with Crippen molar-refractivity contribution in [2.24, 2.45) is 10.8 Å². The van der Waals surface area contributed by atoms with Crippen molar-refractivity contribution in [3.05, 3.63) is 0 Å². The SMILES string of the molecule is CC(C)(C)CC(C)(C)COC(=O)CCNCCN1CCCC1. The summed E-state index contributed by atoms with van der Waals surface area (Å²) in [6, 6.07) is 0. The molecule has 0 aliphatic carbocycles. The maximum atomic E-state index is 11.8. The molecule has 1 saturated heterocycles. The summed E-state index contributed by atoms with van der Waals surface area (Å²) in [7, 11) is 0. The average molecular weight is 312 g/mol. The third-order valence-corrected chi connectivity index (χ3v) is 3.94. The van der Waals surface area contributed by atoms with Gasteiger partial charge in [-0.1, -0.05) is 34.6 Å². The second-order valence-corrected chi connectivity index (χ2v) is 8.61. The summed E-state index contributed by atoms with van der Waals surface area (Å²) in [6.07, 6.45) is 4.17. The molecular weight excluding hydrogens is 276 g/mol. The van der Waals surface area contributed by atoms with Gasteiger partial charge in [-0.2, -0.15) is 0 Å². The van der Waals surface area contributed by atoms with Crippen LogP contribution in [0.3, 0.4) is 0 Å². The average Bonchev–Trinajstić information content (AvgIpc) is 2.86. The molecule has 1 fully saturated rings. The Bertz CT molecular complexity index is 328. The molecule has 130 valence electrons. The predicted molar refractivity (Wildman–Crippen MR) is 92.0 cm³/mol. The third-order valence-electron chi connectivity index (χ3n) is 3.94. The summed E-state index contributed by atoms with van der Waals surface area (Å²) in [4.78, 5) is 14.3. The normalized spacial score (nSPS) is 17.0. The molecule has 0 unspecified atom stereocenters. The van der Waals surface area contributed by atoms with Crippen LogP contribution in [0.15, 0.2) is 0 Å². The standard InChI is InChI=1S/C18H36N2O2/c1-17(2,3)14-18(4,5)15-22-16(21)8-9-19-10-13-20-11-6-7-12-20/h19H,6-15H2,1-5H3. The number of esters is 1. The topological polar surface area (TPSA) is 41.6 Å². The lowest BCUT2D eigenvalue weighted by Crippen LogP contribution is -2.31. The Morgan fingerprint density at radius 2 is 1.73 bits per heavy atom. The Hall–Kier alpha value is -0.610. The highest BCUT2D eigenvalue weighted by Gasteiger charge is 2.26. The summed E-state index contributed by atoms with van der Waals surface area (Å²) in [5, 5.41) is 3.34. The van der Waals surface area contributed by atoms with E-state index >= 15 is 0 Å². The van der Waals surface area contributed by atoms with Gasteiger partial charge in [-0.3, -0.25) is 4.79 Å². The molecule has 1 heterocycles. The molecule has 4 heteroatoms. The zero-order valence-electron chi connectivity index (χ0n) is 15.3. The first-order valence-electron chi connectivity index (χ1n) is 8.77. The minimum absolute atomic E-state index is 0.0388. The van der Waals surface area contributed by atoms with Gasteiger partial charge in [0.2, 0.25) is 0 Å². The molecule has 1 aliphatic rings. The maximum absolute atomic E-state index is 11.8. The first-order chi connectivity index (χ1) is 10.2. The van der Waals surface area contributed by atoms with Crippen LogP contribution in [0.25, 0.3) is 0 Å². The molecule has 4 nitrogen and oxygen atoms in total. The first-order valence-corrected chi connectivity index (χ1v) is 8.77. The van der Waals surface area contributed by atoms with Crippen LogP contribution in [0.4, 0.5) is 0 Å². The Labute approximate surface area is 137 Å². The van der Waals surface area contributed by atoms with Crippen molar-refractivity contribution in [1.29, 1.82) is 0 Å². The van der Waals surface area contributed by atoms with Crippen molar-refractivity contribution >= 4 is 5.97 Å². The van der Waals surface area contributed by atoms with Crippen molar-refractivity contribution in [2.75, 3.05) is 39.3 Å². The number of rotatable bonds is 9. The number of carbonyl (C=O) groups is 1. The van der Waals surface area contributed by atoms with E-state index in [9.17, 15) is 4.79 Å². The predicted octanol–water partition coefficient (Wildman–Crippen LogP) is 3.07. The van der Waals surface area contributed by atoms with E-state index in [-0.39, 0.29) is 16.8 Å². The molecule has 0 saturated carbocycles. The molecular formula is C18H36N2O2. The smallest absolute Gasteiger partial charge is 0.307 e. The van der Waals surface area contributed by atoms with E-state index in [1.807, 2.05) is 0 Å². The molecule has 1 N–H and O–H groups in total. The number of hydrogen-bond donors (Lipinski definition) is 1. The van der Waals surface area contributed by atoms with Crippen molar-refractivity contribution in [3.8, 4) is 0 Å². The van der Waals surface area contributed by atoms with Crippen LogP contribution in [0.5, 0.6) is 0 Å². The first kappa shape index (κ1) is 19.4. The summed E-state index contributed by atoms with van der Waals surface area (Å²) in [6.45, 7) is 16.7. The molecule has 0 radical (unpaired) electrons. The van der Waals surface area contributed by atoms with Gasteiger partial charge in [0.25, 0.3) is 0 Å². The van der Waals surface area contributed by atoms with E-state index < -0.39 is 0 Å². The largest absolute Gasteiger partial charge is 0.465 e. The zero-order chi connectivity index (χ0) is 16.6. The molecule has 0 amide bonds. The number of nitrogens with one attached hydrogen (secondary N) is 1. The second kappa shape index (κ2) is 8.88. The quantitative estimate of drug-likeness (QED) is 0.525. The molecule has 0 spiro atoms. The highest BCUT2D eigenvalue weighted by molar-refractivity contribution is 5.69. The third kappa shape index (κ3) is 9.42. The van der Waals surface area contributed by atoms with Gasteiger partial charge in [0, 0.05) is 19.6 Å². The lowest BCUT2D eigenvalue weighted by molar-refractivity contribution is -0.147. The van der Waals surface area contributed by atoms with E-state index in [1.165, 1.54) is 25.9 Å². The molecule has 1 rings (SSSR count). The van der Waals surface area contributed by atoms with E-state index in [4.69, 9.17) is 4.74 Å². The van der Waals surface area contributed by atoms with E-state index in [0.717, 1.165) is 19.5 Å². The van der Waals surface area contributed by atoms with Gasteiger partial charge in [-0.15, -0.1) is 0 Å². The van der Waals surface area contributed by atoms with Gasteiger partial charge in [0.05, 0.1) is 13.0 Å². The molecule has 0 aromatic rings. The molecule has 0 aromatic carbocycles. The van der Waals surface area contributed by atoms with Gasteiger partial charge < -0.3 is 15.0 Å². The van der Waals surface area contributed by atoms with Crippen LogP contribution >= 0.6 is 0 Å². The minimum Gasteiger partial charge on any atom is -0.465 e. The fourth-order valence-electron chi connectivity index (χ4n) is 3.39. The van der Waals surface area contributed by atoms with Gasteiger partial charge >= 0.3 is 5.97 Å². The number of nitrogens with zero attached hydrogens (tertiary/aromatic N) is 1. The Kier molecular flexibility index (Phi) is 7.84. The summed E-state index contributed by atoms with van der Waals surface area (Å²) >= 11 is 0. The fraction of sp³-hybridized carbons (Fsp3) is 0.944. The molecule has 1 aliphatic heterocycles. The van der Waals surface area contributed by atoms with Gasteiger partial charge in [-0.05, 0) is 43.2 Å². The lowest BCUT2D eigenvalue weighted by atomic mass is 9.77. The van der Waals surface area contributed by atoms with Crippen LogP contribution in [0.2, 0.25) is 0 Å². The van der Waals surface area contributed by atoms with Crippen LogP contribution < -0.4 is 5.32 Å². The summed E-state index contributed by atoms with van der Waals surface area (Å²) in [5.41, 5.74) is 0.296. The molecule has 0 bridgehead atoms. The van der Waals surface area contributed by atoms with E-state index in [2.05, 4.69) is 44.8 Å². The number of hydrogen-bond acceptors (Lipinski definition) is 4. The van der Waals surface area contributed by atoms with Crippen LogP contribution in [-0.2, 0) is 9.53 Å². The Morgan fingerprint density at radius 3 is 2.32 bits per heavy atom. The second-order valence-electron chi connectivity index (χ2n) is 8.61. The highest BCUT2D eigenvalue weighted by Crippen LogP contribution is 2.33. The van der Waals surface area contributed by atoms with Gasteiger partial charge in [0.15, 0.2) is 0 Å². The van der Waals surface area contributed by atoms with Gasteiger partial charge in [-0.25, -0.2) is 0 Å². The maximum Gasteiger partial charge on any atom is 0.307 e.